The van der Waals surface area contributed by atoms with Crippen molar-refractivity contribution in [2.45, 2.75) is 46.3 Å². The zero-order valence-electron chi connectivity index (χ0n) is 16.8. The maximum atomic E-state index is 6.15. The van der Waals surface area contributed by atoms with E-state index >= 15 is 0 Å². The normalized spacial score (nSPS) is 16.7. The van der Waals surface area contributed by atoms with Gasteiger partial charge >= 0.3 is 0 Å². The minimum absolute atomic E-state index is 0. The molecule has 0 bridgehead atoms. The third kappa shape index (κ3) is 9.12. The second-order valence-corrected chi connectivity index (χ2v) is 6.39. The first-order valence-corrected chi connectivity index (χ1v) is 9.66. The quantitative estimate of drug-likeness (QED) is 0.228. The number of halogens is 1. The first-order chi connectivity index (χ1) is 12.7. The molecule has 154 valence electrons. The van der Waals surface area contributed by atoms with Crippen molar-refractivity contribution in [2.24, 2.45) is 4.99 Å². The third-order valence-corrected chi connectivity index (χ3v) is 4.12. The molecule has 0 radical (unpaired) electrons. The summed E-state index contributed by atoms with van der Waals surface area (Å²) in [6, 6.07) is 6.29. The number of hydrogen-bond donors (Lipinski definition) is 2. The second kappa shape index (κ2) is 14.0. The average Bonchev–Trinajstić information content (AvgIpc) is 3.13. The van der Waals surface area contributed by atoms with Gasteiger partial charge in [0.05, 0.1) is 19.8 Å². The molecule has 0 saturated carbocycles. The van der Waals surface area contributed by atoms with Crippen LogP contribution in [0.5, 0.6) is 5.75 Å². The van der Waals surface area contributed by atoms with Gasteiger partial charge in [0.15, 0.2) is 5.96 Å². The summed E-state index contributed by atoms with van der Waals surface area (Å²) in [6.07, 6.45) is 2.05. The fraction of sp³-hybridized carbons (Fsp3) is 0.650. The first-order valence-electron chi connectivity index (χ1n) is 9.66. The summed E-state index contributed by atoms with van der Waals surface area (Å²) in [7, 11) is 0. The van der Waals surface area contributed by atoms with Crippen molar-refractivity contribution in [2.75, 3.05) is 39.5 Å². The molecule has 0 aromatic heterocycles. The Morgan fingerprint density at radius 2 is 2.15 bits per heavy atom. The molecule has 27 heavy (non-hydrogen) atoms. The van der Waals surface area contributed by atoms with Crippen LogP contribution < -0.4 is 15.4 Å². The van der Waals surface area contributed by atoms with Gasteiger partial charge in [-0.3, -0.25) is 0 Å². The molecule has 0 aliphatic carbocycles. The van der Waals surface area contributed by atoms with Crippen molar-refractivity contribution in [1.29, 1.82) is 0 Å². The molecule has 1 aliphatic heterocycles. The van der Waals surface area contributed by atoms with Crippen LogP contribution in [0.2, 0.25) is 0 Å². The van der Waals surface area contributed by atoms with Crippen LogP contribution in [0.1, 0.15) is 37.8 Å². The van der Waals surface area contributed by atoms with Crippen LogP contribution in [-0.2, 0) is 16.0 Å². The van der Waals surface area contributed by atoms with Crippen LogP contribution in [-0.4, -0.2) is 51.6 Å². The molecule has 2 N–H and O–H groups in total. The molecule has 7 heteroatoms. The largest absolute Gasteiger partial charge is 0.488 e. The zero-order valence-corrected chi connectivity index (χ0v) is 19.1. The number of hydrogen-bond acceptors (Lipinski definition) is 4. The highest BCUT2D eigenvalue weighted by Gasteiger charge is 2.18. The van der Waals surface area contributed by atoms with E-state index in [2.05, 4.69) is 42.7 Å². The SMILES string of the molecule is CCNC(=NCc1ccc(C)cc1OC1CCOC1)NCCCOCC.I. The highest BCUT2D eigenvalue weighted by atomic mass is 127. The van der Waals surface area contributed by atoms with Gasteiger partial charge in [-0.2, -0.15) is 0 Å². The van der Waals surface area contributed by atoms with Crippen LogP contribution >= 0.6 is 24.0 Å². The van der Waals surface area contributed by atoms with Crippen LogP contribution in [0, 0.1) is 6.92 Å². The summed E-state index contributed by atoms with van der Waals surface area (Å²) in [5.74, 6) is 1.73. The molecular formula is C20H34IN3O3. The lowest BCUT2D eigenvalue weighted by Crippen LogP contribution is -2.38. The lowest BCUT2D eigenvalue weighted by atomic mass is 10.1. The Labute approximate surface area is 180 Å². The van der Waals surface area contributed by atoms with Gasteiger partial charge in [-0.15, -0.1) is 24.0 Å². The fourth-order valence-electron chi connectivity index (χ4n) is 2.72. The van der Waals surface area contributed by atoms with Crippen molar-refractivity contribution in [1.82, 2.24) is 10.6 Å². The third-order valence-electron chi connectivity index (χ3n) is 4.12. The summed E-state index contributed by atoms with van der Waals surface area (Å²) in [5, 5.41) is 6.64. The molecular weight excluding hydrogens is 457 g/mol. The van der Waals surface area contributed by atoms with Crippen molar-refractivity contribution in [3.63, 3.8) is 0 Å². The molecule has 1 fully saturated rings. The highest BCUT2D eigenvalue weighted by molar-refractivity contribution is 14.0. The van der Waals surface area contributed by atoms with Crippen molar-refractivity contribution < 1.29 is 14.2 Å². The Kier molecular flexibility index (Phi) is 12.4. The Morgan fingerprint density at radius 3 is 2.85 bits per heavy atom. The number of ether oxygens (including phenoxy) is 3. The van der Waals surface area contributed by atoms with E-state index in [1.54, 1.807) is 0 Å². The first kappa shape index (κ1) is 24.0. The van der Waals surface area contributed by atoms with Gasteiger partial charge in [0.1, 0.15) is 11.9 Å². The molecule has 0 spiro atoms. The van der Waals surface area contributed by atoms with E-state index in [-0.39, 0.29) is 30.1 Å². The summed E-state index contributed by atoms with van der Waals surface area (Å²) in [4.78, 5) is 4.71. The molecule has 2 rings (SSSR count). The van der Waals surface area contributed by atoms with Crippen molar-refractivity contribution in [3.8, 4) is 5.75 Å². The predicted molar refractivity (Wildman–Crippen MR) is 120 cm³/mol. The predicted octanol–water partition coefficient (Wildman–Crippen LogP) is 3.26. The minimum atomic E-state index is 0. The topological polar surface area (TPSA) is 64.1 Å². The lowest BCUT2D eigenvalue weighted by Gasteiger charge is -2.16. The molecule has 1 aromatic carbocycles. The van der Waals surface area contributed by atoms with E-state index in [4.69, 9.17) is 19.2 Å². The van der Waals surface area contributed by atoms with Crippen molar-refractivity contribution >= 4 is 29.9 Å². The molecule has 1 saturated heterocycles. The van der Waals surface area contributed by atoms with E-state index < -0.39 is 0 Å². The van der Waals surface area contributed by atoms with E-state index in [1.165, 1.54) is 5.56 Å². The Morgan fingerprint density at radius 1 is 1.30 bits per heavy atom. The molecule has 0 amide bonds. The molecule has 1 heterocycles. The van der Waals surface area contributed by atoms with Crippen molar-refractivity contribution in [3.05, 3.63) is 29.3 Å². The lowest BCUT2D eigenvalue weighted by molar-refractivity contribution is 0.140. The Bertz CT molecular complexity index is 563. The monoisotopic (exact) mass is 491 g/mol. The maximum Gasteiger partial charge on any atom is 0.191 e. The molecule has 1 aromatic rings. The summed E-state index contributed by atoms with van der Waals surface area (Å²) >= 11 is 0. The van der Waals surface area contributed by atoms with E-state index in [0.29, 0.717) is 13.2 Å². The number of guanidine groups is 1. The molecule has 1 atom stereocenters. The van der Waals surface area contributed by atoms with E-state index in [1.807, 2.05) is 6.92 Å². The van der Waals surface area contributed by atoms with Gasteiger partial charge in [0.25, 0.3) is 0 Å². The minimum Gasteiger partial charge on any atom is -0.488 e. The van der Waals surface area contributed by atoms with Gasteiger partial charge in [-0.1, -0.05) is 12.1 Å². The van der Waals surface area contributed by atoms with Gasteiger partial charge in [0.2, 0.25) is 0 Å². The Hall–Kier alpha value is -1.06. The second-order valence-electron chi connectivity index (χ2n) is 6.39. The van der Waals surface area contributed by atoms with Crippen LogP contribution in [0.25, 0.3) is 0 Å². The molecule has 6 nitrogen and oxygen atoms in total. The van der Waals surface area contributed by atoms with Gasteiger partial charge in [-0.25, -0.2) is 4.99 Å². The number of aliphatic imine (C=N–C) groups is 1. The number of aryl methyl sites for hydroxylation is 1. The number of nitrogens with zero attached hydrogens (tertiary/aromatic N) is 1. The summed E-state index contributed by atoms with van der Waals surface area (Å²) < 4.78 is 16.9. The van der Waals surface area contributed by atoms with Gasteiger partial charge < -0.3 is 24.8 Å². The fourth-order valence-corrected chi connectivity index (χ4v) is 2.72. The van der Waals surface area contributed by atoms with Gasteiger partial charge in [-0.05, 0) is 38.8 Å². The molecule has 1 unspecified atom stereocenters. The summed E-state index contributed by atoms with van der Waals surface area (Å²) in [6.45, 7) is 11.4. The Balaban J connectivity index is 0.00000364. The van der Waals surface area contributed by atoms with Crippen LogP contribution in [0.4, 0.5) is 0 Å². The van der Waals surface area contributed by atoms with E-state index in [0.717, 1.165) is 63.0 Å². The number of nitrogens with one attached hydrogen (secondary N) is 2. The standard InChI is InChI=1S/C20H33N3O3.HI/c1-4-21-20(22-10-6-11-24-5-2)23-14-17-8-7-16(3)13-19(17)26-18-9-12-25-15-18;/h7-8,13,18H,4-6,9-12,14-15H2,1-3H3,(H2,21,22,23);1H. The smallest absolute Gasteiger partial charge is 0.191 e. The summed E-state index contributed by atoms with van der Waals surface area (Å²) in [5.41, 5.74) is 2.28. The van der Waals surface area contributed by atoms with Gasteiger partial charge in [0, 0.05) is 38.3 Å². The van der Waals surface area contributed by atoms with Crippen LogP contribution in [0.15, 0.2) is 23.2 Å². The average molecular weight is 491 g/mol. The molecule has 1 aliphatic rings. The maximum absolute atomic E-state index is 6.15. The number of rotatable bonds is 10. The number of benzene rings is 1. The highest BCUT2D eigenvalue weighted by Crippen LogP contribution is 2.24. The van der Waals surface area contributed by atoms with E-state index in [9.17, 15) is 0 Å². The van der Waals surface area contributed by atoms with Crippen LogP contribution in [0.3, 0.4) is 0 Å². The zero-order chi connectivity index (χ0) is 18.6.